The van der Waals surface area contributed by atoms with Crippen molar-refractivity contribution in [1.29, 1.82) is 0 Å². The van der Waals surface area contributed by atoms with Crippen LogP contribution in [0.15, 0.2) is 36.5 Å². The zero-order valence-electron chi connectivity index (χ0n) is 12.6. The van der Waals surface area contributed by atoms with E-state index >= 15 is 0 Å². The van der Waals surface area contributed by atoms with Gasteiger partial charge >= 0.3 is 5.97 Å². The maximum absolute atomic E-state index is 12.0. The molecule has 0 aliphatic carbocycles. The molecular weight excluding hydrogens is 375 g/mol. The second kappa shape index (κ2) is 8.33. The van der Waals surface area contributed by atoms with Crippen molar-refractivity contribution in [3.63, 3.8) is 0 Å². The van der Waals surface area contributed by atoms with Crippen LogP contribution in [0.4, 0.5) is 5.69 Å². The van der Waals surface area contributed by atoms with Gasteiger partial charge in [0.1, 0.15) is 0 Å². The number of pyridine rings is 1. The molecular formula is C16H13Cl3N2O3. The number of hydrogen-bond donors (Lipinski definition) is 1. The third-order valence-electron chi connectivity index (χ3n) is 3.04. The first-order valence-corrected chi connectivity index (χ1v) is 8.05. The molecule has 24 heavy (non-hydrogen) atoms. The molecule has 0 radical (unpaired) electrons. The van der Waals surface area contributed by atoms with Gasteiger partial charge < -0.3 is 10.1 Å². The van der Waals surface area contributed by atoms with Gasteiger partial charge in [-0.2, -0.15) is 0 Å². The monoisotopic (exact) mass is 386 g/mol. The van der Waals surface area contributed by atoms with Gasteiger partial charge in [0.05, 0.1) is 12.1 Å². The lowest BCUT2D eigenvalue weighted by atomic mass is 10.1. The molecule has 1 N–H and O–H groups in total. The van der Waals surface area contributed by atoms with E-state index in [9.17, 15) is 9.59 Å². The Morgan fingerprint density at radius 1 is 1.25 bits per heavy atom. The molecule has 0 saturated carbocycles. The van der Waals surface area contributed by atoms with Gasteiger partial charge in [-0.1, -0.05) is 40.9 Å². The maximum atomic E-state index is 12.0. The third-order valence-corrected chi connectivity index (χ3v) is 3.93. The Hall–Kier alpha value is -1.82. The fraction of sp³-hybridized carbons (Fsp3) is 0.188. The Bertz CT molecular complexity index is 768. The number of benzene rings is 1. The molecule has 0 aliphatic heterocycles. The highest BCUT2D eigenvalue weighted by Gasteiger charge is 2.19. The summed E-state index contributed by atoms with van der Waals surface area (Å²) >= 11 is 17.7. The lowest BCUT2D eigenvalue weighted by Gasteiger charge is -2.14. The number of carbonyl (C=O) groups excluding carboxylic acids is 2. The summed E-state index contributed by atoms with van der Waals surface area (Å²) in [5.41, 5.74) is 0.904. The molecule has 0 spiro atoms. The van der Waals surface area contributed by atoms with E-state index in [2.05, 4.69) is 10.3 Å². The van der Waals surface area contributed by atoms with Gasteiger partial charge in [0.25, 0.3) is 5.91 Å². The SMILES string of the molecule is CC(OC(=O)Cc1ccc(Cl)cc1Cl)C(=O)Nc1cccnc1Cl. The van der Waals surface area contributed by atoms with E-state index in [1.54, 1.807) is 24.3 Å². The second-order valence-electron chi connectivity index (χ2n) is 4.88. The first kappa shape index (κ1) is 18.5. The van der Waals surface area contributed by atoms with Crippen LogP contribution in [0.25, 0.3) is 0 Å². The molecule has 1 amide bonds. The van der Waals surface area contributed by atoms with E-state index in [0.717, 1.165) is 0 Å². The predicted molar refractivity (Wildman–Crippen MR) is 93.6 cm³/mol. The molecule has 1 heterocycles. The molecule has 0 aliphatic rings. The number of carbonyl (C=O) groups is 2. The van der Waals surface area contributed by atoms with Crippen LogP contribution in [0.3, 0.4) is 0 Å². The van der Waals surface area contributed by atoms with Crippen LogP contribution < -0.4 is 5.32 Å². The first-order valence-electron chi connectivity index (χ1n) is 6.91. The van der Waals surface area contributed by atoms with Gasteiger partial charge in [0, 0.05) is 16.2 Å². The minimum absolute atomic E-state index is 0.0682. The Balaban J connectivity index is 1.93. The third kappa shape index (κ3) is 5.09. The molecule has 8 heteroatoms. The van der Waals surface area contributed by atoms with E-state index in [1.165, 1.54) is 19.2 Å². The molecule has 5 nitrogen and oxygen atoms in total. The van der Waals surface area contributed by atoms with E-state index in [-0.39, 0.29) is 11.6 Å². The van der Waals surface area contributed by atoms with Crippen LogP contribution in [0.5, 0.6) is 0 Å². The standard InChI is InChI=1S/C16H13Cl3N2O3/c1-9(16(23)21-13-3-2-6-20-15(13)19)24-14(22)7-10-4-5-11(17)8-12(10)18/h2-6,8-9H,7H2,1H3,(H,21,23). The van der Waals surface area contributed by atoms with E-state index in [1.807, 2.05) is 0 Å². The van der Waals surface area contributed by atoms with Crippen molar-refractivity contribution in [3.8, 4) is 0 Å². The first-order chi connectivity index (χ1) is 11.4. The Kier molecular flexibility index (Phi) is 6.43. The largest absolute Gasteiger partial charge is 0.452 e. The molecule has 1 aromatic heterocycles. The van der Waals surface area contributed by atoms with Crippen molar-refractivity contribution in [2.24, 2.45) is 0 Å². The molecule has 1 aromatic carbocycles. The highest BCUT2D eigenvalue weighted by atomic mass is 35.5. The molecule has 0 fully saturated rings. The summed E-state index contributed by atoms with van der Waals surface area (Å²) in [5, 5.41) is 3.52. The highest BCUT2D eigenvalue weighted by molar-refractivity contribution is 6.35. The number of nitrogens with zero attached hydrogens (tertiary/aromatic N) is 1. The van der Waals surface area contributed by atoms with Crippen LogP contribution in [0.1, 0.15) is 12.5 Å². The average molecular weight is 388 g/mol. The van der Waals surface area contributed by atoms with Crippen LogP contribution in [-0.2, 0) is 20.7 Å². The number of ether oxygens (including phenoxy) is 1. The van der Waals surface area contributed by atoms with Crippen LogP contribution in [0, 0.1) is 0 Å². The second-order valence-corrected chi connectivity index (χ2v) is 6.08. The van der Waals surface area contributed by atoms with Crippen LogP contribution >= 0.6 is 34.8 Å². The molecule has 126 valence electrons. The van der Waals surface area contributed by atoms with E-state index < -0.39 is 18.0 Å². The normalized spacial score (nSPS) is 11.7. The quantitative estimate of drug-likeness (QED) is 0.618. The van der Waals surface area contributed by atoms with Gasteiger partial charge in [-0.05, 0) is 36.8 Å². The number of esters is 1. The highest BCUT2D eigenvalue weighted by Crippen LogP contribution is 2.22. The van der Waals surface area contributed by atoms with Crippen molar-refractivity contribution < 1.29 is 14.3 Å². The summed E-state index contributed by atoms with van der Waals surface area (Å²) in [6.07, 6.45) is 0.429. The summed E-state index contributed by atoms with van der Waals surface area (Å²) in [5.74, 6) is -1.10. The van der Waals surface area contributed by atoms with Gasteiger partial charge in [-0.3, -0.25) is 9.59 Å². The molecule has 0 saturated heterocycles. The summed E-state index contributed by atoms with van der Waals surface area (Å²) in [6, 6.07) is 8.00. The summed E-state index contributed by atoms with van der Waals surface area (Å²) in [4.78, 5) is 27.8. The molecule has 1 unspecified atom stereocenters. The minimum atomic E-state index is -1.00. The lowest BCUT2D eigenvalue weighted by molar-refractivity contribution is -0.152. The predicted octanol–water partition coefficient (Wildman–Crippen LogP) is 4.15. The summed E-state index contributed by atoms with van der Waals surface area (Å²) in [7, 11) is 0. The van der Waals surface area contributed by atoms with Gasteiger partial charge in [-0.15, -0.1) is 0 Å². The van der Waals surface area contributed by atoms with Crippen LogP contribution in [0.2, 0.25) is 15.2 Å². The number of aromatic nitrogens is 1. The van der Waals surface area contributed by atoms with Crippen molar-refractivity contribution in [1.82, 2.24) is 4.98 Å². The Morgan fingerprint density at radius 3 is 2.67 bits per heavy atom. The van der Waals surface area contributed by atoms with Crippen molar-refractivity contribution in [2.45, 2.75) is 19.4 Å². The lowest BCUT2D eigenvalue weighted by Crippen LogP contribution is -2.30. The molecule has 0 bridgehead atoms. The average Bonchev–Trinajstić information content (AvgIpc) is 2.52. The number of rotatable bonds is 5. The Morgan fingerprint density at radius 2 is 2.00 bits per heavy atom. The fourth-order valence-electron chi connectivity index (χ4n) is 1.83. The number of hydrogen-bond acceptors (Lipinski definition) is 4. The zero-order valence-corrected chi connectivity index (χ0v) is 14.8. The molecule has 2 rings (SSSR count). The number of anilines is 1. The molecule has 2 aromatic rings. The number of amides is 1. The van der Waals surface area contributed by atoms with Gasteiger partial charge in [-0.25, -0.2) is 4.98 Å². The van der Waals surface area contributed by atoms with Crippen molar-refractivity contribution in [3.05, 3.63) is 57.3 Å². The fourth-order valence-corrected chi connectivity index (χ4v) is 2.47. The zero-order chi connectivity index (χ0) is 17.7. The molecule has 1 atom stereocenters. The van der Waals surface area contributed by atoms with Crippen molar-refractivity contribution >= 4 is 52.4 Å². The number of halogens is 3. The topological polar surface area (TPSA) is 68.3 Å². The summed E-state index contributed by atoms with van der Waals surface area (Å²) < 4.78 is 5.11. The van der Waals surface area contributed by atoms with Crippen LogP contribution in [-0.4, -0.2) is 23.0 Å². The summed E-state index contributed by atoms with van der Waals surface area (Å²) in [6.45, 7) is 1.46. The number of nitrogens with one attached hydrogen (secondary N) is 1. The smallest absolute Gasteiger partial charge is 0.311 e. The minimum Gasteiger partial charge on any atom is -0.452 e. The van der Waals surface area contributed by atoms with Gasteiger partial charge in [0.2, 0.25) is 0 Å². The Labute approximate surface area is 153 Å². The van der Waals surface area contributed by atoms with E-state index in [4.69, 9.17) is 39.5 Å². The van der Waals surface area contributed by atoms with Crippen molar-refractivity contribution in [2.75, 3.05) is 5.32 Å². The maximum Gasteiger partial charge on any atom is 0.311 e. The van der Waals surface area contributed by atoms with Gasteiger partial charge in [0.15, 0.2) is 11.3 Å². The van der Waals surface area contributed by atoms with E-state index in [0.29, 0.717) is 21.3 Å².